The molecule has 0 unspecified atom stereocenters. The Morgan fingerprint density at radius 3 is 2.71 bits per heavy atom. The summed E-state index contributed by atoms with van der Waals surface area (Å²) in [5.74, 6) is 0. The summed E-state index contributed by atoms with van der Waals surface area (Å²) >= 11 is 0. The van der Waals surface area contributed by atoms with Crippen molar-refractivity contribution in [1.82, 2.24) is 4.98 Å². The van der Waals surface area contributed by atoms with E-state index in [9.17, 15) is 0 Å². The van der Waals surface area contributed by atoms with Crippen LogP contribution in [0.5, 0.6) is 0 Å². The Morgan fingerprint density at radius 2 is 2.00 bits per heavy atom. The van der Waals surface area contributed by atoms with Gasteiger partial charge in [0.2, 0.25) is 0 Å². The van der Waals surface area contributed by atoms with Gasteiger partial charge in [-0.1, -0.05) is 24.3 Å². The summed E-state index contributed by atoms with van der Waals surface area (Å²) in [6.07, 6.45) is 4.64. The molecule has 1 aromatic heterocycles. The van der Waals surface area contributed by atoms with Crippen molar-refractivity contribution in [3.8, 4) is 11.1 Å². The molecule has 0 atom stereocenters. The average molecular weight is 182 g/mol. The van der Waals surface area contributed by atoms with E-state index in [2.05, 4.69) is 43.2 Å². The fourth-order valence-corrected chi connectivity index (χ4v) is 1.54. The van der Waals surface area contributed by atoms with Crippen LogP contribution in [0.1, 0.15) is 11.1 Å². The van der Waals surface area contributed by atoms with Gasteiger partial charge in [0.15, 0.2) is 0 Å². The zero-order valence-electron chi connectivity index (χ0n) is 8.41. The van der Waals surface area contributed by atoms with Crippen molar-refractivity contribution in [3.63, 3.8) is 0 Å². The lowest BCUT2D eigenvalue weighted by molar-refractivity contribution is 1.29. The van der Waals surface area contributed by atoms with Crippen LogP contribution >= 0.6 is 0 Å². The normalized spacial score (nSPS) is 10.1. The second kappa shape index (κ2) is 3.62. The molecule has 1 aromatic carbocycles. The van der Waals surface area contributed by atoms with Crippen LogP contribution in [-0.4, -0.2) is 4.98 Å². The predicted molar refractivity (Wildman–Crippen MR) is 58.0 cm³/mol. The fraction of sp³-hybridized carbons (Fsp3) is 0.154. The summed E-state index contributed by atoms with van der Waals surface area (Å²) in [5.41, 5.74) is 5.05. The molecule has 0 bridgehead atoms. The molecular formula is C13H12N. The Kier molecular flexibility index (Phi) is 2.32. The maximum absolute atomic E-state index is 4.01. The van der Waals surface area contributed by atoms with Crippen LogP contribution < -0.4 is 0 Å². The number of nitrogens with zero attached hydrogens (tertiary/aromatic N) is 1. The number of pyridine rings is 1. The molecule has 0 spiro atoms. The van der Waals surface area contributed by atoms with Crippen LogP contribution in [0.25, 0.3) is 11.1 Å². The van der Waals surface area contributed by atoms with Gasteiger partial charge in [0.1, 0.15) is 0 Å². The SMILES string of the molecule is Cc1cccc(-c2cc[c]nc2)c1C. The third-order valence-electron chi connectivity index (χ3n) is 2.53. The van der Waals surface area contributed by atoms with E-state index in [1.165, 1.54) is 16.7 Å². The molecule has 2 rings (SSSR count). The summed E-state index contributed by atoms with van der Waals surface area (Å²) in [4.78, 5) is 4.01. The van der Waals surface area contributed by atoms with Crippen molar-refractivity contribution in [1.29, 1.82) is 0 Å². The van der Waals surface area contributed by atoms with Gasteiger partial charge < -0.3 is 0 Å². The molecule has 0 N–H and O–H groups in total. The minimum Gasteiger partial charge on any atom is -0.254 e. The van der Waals surface area contributed by atoms with E-state index in [1.807, 2.05) is 18.3 Å². The monoisotopic (exact) mass is 182 g/mol. The Labute approximate surface area is 84.4 Å². The maximum atomic E-state index is 4.01. The second-order valence-electron chi connectivity index (χ2n) is 3.42. The van der Waals surface area contributed by atoms with Crippen LogP contribution in [-0.2, 0) is 0 Å². The van der Waals surface area contributed by atoms with Gasteiger partial charge in [-0.15, -0.1) is 0 Å². The highest BCUT2D eigenvalue weighted by Crippen LogP contribution is 2.23. The smallest absolute Gasteiger partial charge is 0.0886 e. The topological polar surface area (TPSA) is 12.9 Å². The van der Waals surface area contributed by atoms with Gasteiger partial charge in [-0.25, -0.2) is 0 Å². The first-order valence-electron chi connectivity index (χ1n) is 4.68. The zero-order valence-corrected chi connectivity index (χ0v) is 8.41. The van der Waals surface area contributed by atoms with Crippen LogP contribution in [0.3, 0.4) is 0 Å². The third-order valence-corrected chi connectivity index (χ3v) is 2.53. The lowest BCUT2D eigenvalue weighted by Crippen LogP contribution is -1.87. The van der Waals surface area contributed by atoms with E-state index < -0.39 is 0 Å². The van der Waals surface area contributed by atoms with Crippen LogP contribution in [0.4, 0.5) is 0 Å². The molecule has 0 fully saturated rings. The van der Waals surface area contributed by atoms with E-state index in [-0.39, 0.29) is 0 Å². The molecular weight excluding hydrogens is 170 g/mol. The highest BCUT2D eigenvalue weighted by molar-refractivity contribution is 5.67. The molecule has 1 nitrogen and oxygen atoms in total. The van der Waals surface area contributed by atoms with E-state index in [4.69, 9.17) is 0 Å². The molecule has 0 amide bonds. The second-order valence-corrected chi connectivity index (χ2v) is 3.42. The highest BCUT2D eigenvalue weighted by Gasteiger charge is 2.02. The summed E-state index contributed by atoms with van der Waals surface area (Å²) < 4.78 is 0. The molecule has 0 saturated heterocycles. The van der Waals surface area contributed by atoms with E-state index in [0.717, 1.165) is 5.56 Å². The summed E-state index contributed by atoms with van der Waals surface area (Å²) in [5, 5.41) is 0. The number of hydrogen-bond donors (Lipinski definition) is 0. The van der Waals surface area contributed by atoms with E-state index in [0.29, 0.717) is 0 Å². The van der Waals surface area contributed by atoms with Crippen LogP contribution in [0, 0.1) is 20.0 Å². The Bertz CT molecular complexity index is 432. The molecule has 69 valence electrons. The summed E-state index contributed by atoms with van der Waals surface area (Å²) in [6, 6.07) is 10.2. The van der Waals surface area contributed by atoms with Gasteiger partial charge in [-0.2, -0.15) is 0 Å². The maximum Gasteiger partial charge on any atom is 0.0886 e. The van der Waals surface area contributed by atoms with Gasteiger partial charge in [-0.3, -0.25) is 4.98 Å². The lowest BCUT2D eigenvalue weighted by atomic mass is 9.98. The summed E-state index contributed by atoms with van der Waals surface area (Å²) in [6.45, 7) is 4.27. The van der Waals surface area contributed by atoms with Crippen molar-refractivity contribution in [2.75, 3.05) is 0 Å². The fourth-order valence-electron chi connectivity index (χ4n) is 1.54. The minimum absolute atomic E-state index is 1.16. The molecule has 1 heteroatoms. The van der Waals surface area contributed by atoms with Gasteiger partial charge in [0, 0.05) is 11.8 Å². The first-order chi connectivity index (χ1) is 6.79. The van der Waals surface area contributed by atoms with E-state index >= 15 is 0 Å². The average Bonchev–Trinajstić information content (AvgIpc) is 2.23. The van der Waals surface area contributed by atoms with Crippen LogP contribution in [0.2, 0.25) is 0 Å². The largest absolute Gasteiger partial charge is 0.254 e. The molecule has 0 aliphatic heterocycles. The molecule has 2 aromatic rings. The molecule has 14 heavy (non-hydrogen) atoms. The minimum atomic E-state index is 1.16. The first-order valence-corrected chi connectivity index (χ1v) is 4.68. The molecule has 0 aliphatic rings. The Morgan fingerprint density at radius 1 is 1.14 bits per heavy atom. The Hall–Kier alpha value is -1.63. The van der Waals surface area contributed by atoms with Gasteiger partial charge in [0.05, 0.1) is 6.20 Å². The van der Waals surface area contributed by atoms with Crippen molar-refractivity contribution in [3.05, 3.63) is 53.9 Å². The quantitative estimate of drug-likeness (QED) is 0.660. The number of benzene rings is 1. The van der Waals surface area contributed by atoms with Crippen molar-refractivity contribution >= 4 is 0 Å². The van der Waals surface area contributed by atoms with Crippen molar-refractivity contribution < 1.29 is 0 Å². The number of aromatic nitrogens is 1. The standard InChI is InChI=1S/C13H12N/c1-10-5-3-7-13(11(10)2)12-6-4-8-14-9-12/h3-7,9H,1-2H3. The number of hydrogen-bond acceptors (Lipinski definition) is 1. The van der Waals surface area contributed by atoms with Gasteiger partial charge >= 0.3 is 0 Å². The van der Waals surface area contributed by atoms with E-state index in [1.54, 1.807) is 0 Å². The third kappa shape index (κ3) is 1.53. The molecule has 0 aliphatic carbocycles. The summed E-state index contributed by atoms with van der Waals surface area (Å²) in [7, 11) is 0. The van der Waals surface area contributed by atoms with Crippen LogP contribution in [0.15, 0.2) is 36.5 Å². The number of aryl methyl sites for hydroxylation is 1. The van der Waals surface area contributed by atoms with Gasteiger partial charge in [-0.05, 0) is 36.6 Å². The predicted octanol–water partition coefficient (Wildman–Crippen LogP) is 3.17. The highest BCUT2D eigenvalue weighted by atomic mass is 14.6. The van der Waals surface area contributed by atoms with Crippen molar-refractivity contribution in [2.45, 2.75) is 13.8 Å². The molecule has 1 radical (unpaired) electrons. The molecule has 0 saturated carbocycles. The Balaban J connectivity index is 2.58. The van der Waals surface area contributed by atoms with Gasteiger partial charge in [0.25, 0.3) is 0 Å². The lowest BCUT2D eigenvalue weighted by Gasteiger charge is -2.07. The van der Waals surface area contributed by atoms with Crippen molar-refractivity contribution in [2.24, 2.45) is 0 Å². The molecule has 1 heterocycles. The number of rotatable bonds is 1. The zero-order chi connectivity index (χ0) is 9.97. The first kappa shape index (κ1) is 8.95.